The molecule has 2 heterocycles. The topological polar surface area (TPSA) is 84.7 Å². The molecule has 2 N–H and O–H groups in total. The Morgan fingerprint density at radius 2 is 1.69 bits per heavy atom. The van der Waals surface area contributed by atoms with E-state index in [2.05, 4.69) is 25.7 Å². The van der Waals surface area contributed by atoms with E-state index >= 15 is 0 Å². The third kappa shape index (κ3) is 6.55. The third-order valence-corrected chi connectivity index (χ3v) is 5.36. The summed E-state index contributed by atoms with van der Waals surface area (Å²) < 4.78 is 79.8. The lowest BCUT2D eigenvalue weighted by Crippen LogP contribution is -2.28. The molecule has 1 aromatic carbocycles. The number of carbonyl (C=O) groups is 1. The summed E-state index contributed by atoms with van der Waals surface area (Å²) in [6.45, 7) is 5.80. The number of hydrogen-bond acceptors (Lipinski definition) is 6. The number of hydrogen-bond donors (Lipinski definition) is 2. The highest BCUT2D eigenvalue weighted by Crippen LogP contribution is 2.36. The zero-order valence-electron chi connectivity index (χ0n) is 18.9. The lowest BCUT2D eigenvalue weighted by atomic mass is 10.0. The summed E-state index contributed by atoms with van der Waals surface area (Å²) in [5.41, 5.74) is -3.38. The number of benzene rings is 1. The minimum Gasteiger partial charge on any atom is -0.367 e. The molecule has 3 rings (SSSR count). The van der Waals surface area contributed by atoms with E-state index in [9.17, 15) is 31.1 Å². The Labute approximate surface area is 200 Å². The van der Waals surface area contributed by atoms with Crippen molar-refractivity contribution in [2.45, 2.75) is 50.9 Å². The molecule has 35 heavy (non-hydrogen) atoms. The van der Waals surface area contributed by atoms with Crippen molar-refractivity contribution in [2.24, 2.45) is 0 Å². The number of nitrogens with one attached hydrogen (secondary N) is 2. The first-order valence-electron chi connectivity index (χ1n) is 10.5. The highest BCUT2D eigenvalue weighted by molar-refractivity contribution is 7.99. The van der Waals surface area contributed by atoms with Crippen molar-refractivity contribution in [3.05, 3.63) is 41.1 Å². The highest BCUT2D eigenvalue weighted by Gasteiger charge is 2.37. The van der Waals surface area contributed by atoms with E-state index in [0.29, 0.717) is 34.1 Å². The van der Waals surface area contributed by atoms with Gasteiger partial charge in [0.2, 0.25) is 0 Å². The van der Waals surface area contributed by atoms with Gasteiger partial charge in [-0.3, -0.25) is 4.79 Å². The summed E-state index contributed by atoms with van der Waals surface area (Å²) in [6, 6.07) is 0.837. The van der Waals surface area contributed by atoms with E-state index in [4.69, 9.17) is 0 Å². The van der Waals surface area contributed by atoms with Gasteiger partial charge in [-0.2, -0.15) is 31.4 Å². The number of thioether (sulfide) groups is 1. The molecule has 0 saturated heterocycles. The number of nitrogens with zero attached hydrogens (tertiary/aromatic N) is 4. The third-order valence-electron chi connectivity index (χ3n) is 4.63. The van der Waals surface area contributed by atoms with Crippen molar-refractivity contribution in [1.82, 2.24) is 25.1 Å². The Hall–Kier alpha value is -3.03. The van der Waals surface area contributed by atoms with Crippen LogP contribution in [-0.2, 0) is 18.9 Å². The first-order valence-corrected chi connectivity index (χ1v) is 11.5. The van der Waals surface area contributed by atoms with Gasteiger partial charge in [-0.25, -0.2) is 14.6 Å². The van der Waals surface area contributed by atoms with Crippen molar-refractivity contribution in [1.29, 1.82) is 0 Å². The average molecular weight is 521 g/mol. The molecule has 0 atom stereocenters. The van der Waals surface area contributed by atoms with Gasteiger partial charge in [0.25, 0.3) is 5.91 Å². The quantitative estimate of drug-likeness (QED) is 0.241. The van der Waals surface area contributed by atoms with Gasteiger partial charge in [-0.1, -0.05) is 18.7 Å². The minimum atomic E-state index is -5.04. The van der Waals surface area contributed by atoms with Gasteiger partial charge in [0.15, 0.2) is 10.8 Å². The molecule has 0 radical (unpaired) electrons. The van der Waals surface area contributed by atoms with E-state index in [-0.39, 0.29) is 25.2 Å². The molecular formula is C21H22F6N6OS. The van der Waals surface area contributed by atoms with Crippen molar-refractivity contribution in [3.63, 3.8) is 0 Å². The largest absolute Gasteiger partial charge is 0.416 e. The van der Waals surface area contributed by atoms with Gasteiger partial charge in [-0.05, 0) is 37.8 Å². The van der Waals surface area contributed by atoms with E-state index in [1.807, 2.05) is 20.8 Å². The minimum absolute atomic E-state index is 0.0267. The zero-order chi connectivity index (χ0) is 26.0. The van der Waals surface area contributed by atoms with Crippen LogP contribution in [0.15, 0.2) is 29.6 Å². The monoisotopic (exact) mass is 520 g/mol. The van der Waals surface area contributed by atoms with E-state index in [0.717, 1.165) is 5.75 Å². The fourth-order valence-corrected chi connectivity index (χ4v) is 3.70. The van der Waals surface area contributed by atoms with Gasteiger partial charge < -0.3 is 10.6 Å². The molecule has 14 heteroatoms. The fourth-order valence-electron chi connectivity index (χ4n) is 3.14. The van der Waals surface area contributed by atoms with Crippen LogP contribution in [-0.4, -0.2) is 44.0 Å². The van der Waals surface area contributed by atoms with Crippen LogP contribution in [0.2, 0.25) is 0 Å². The molecule has 3 aromatic rings. The first-order chi connectivity index (χ1) is 16.3. The van der Waals surface area contributed by atoms with Gasteiger partial charge in [-0.15, -0.1) is 0 Å². The van der Waals surface area contributed by atoms with Crippen molar-refractivity contribution in [2.75, 3.05) is 17.6 Å². The molecule has 0 spiro atoms. The fraction of sp³-hybridized carbons (Fsp3) is 0.429. The van der Waals surface area contributed by atoms with Crippen LogP contribution in [0.1, 0.15) is 42.3 Å². The Bertz CT molecular complexity index is 1180. The maximum Gasteiger partial charge on any atom is 0.416 e. The molecule has 0 aliphatic rings. The predicted molar refractivity (Wildman–Crippen MR) is 119 cm³/mol. The van der Waals surface area contributed by atoms with E-state index in [1.54, 1.807) is 6.20 Å². The van der Waals surface area contributed by atoms with Gasteiger partial charge in [0.05, 0.1) is 29.3 Å². The van der Waals surface area contributed by atoms with Crippen molar-refractivity contribution in [3.8, 4) is 0 Å². The summed E-state index contributed by atoms with van der Waals surface area (Å²) >= 11 is 1.42. The second kappa shape index (κ2) is 10.3. The van der Waals surface area contributed by atoms with Crippen molar-refractivity contribution >= 4 is 34.5 Å². The van der Waals surface area contributed by atoms with Crippen LogP contribution in [0.5, 0.6) is 0 Å². The Morgan fingerprint density at radius 3 is 2.23 bits per heavy atom. The molecule has 0 bridgehead atoms. The molecule has 1 amide bonds. The van der Waals surface area contributed by atoms with Gasteiger partial charge in [0.1, 0.15) is 5.82 Å². The number of aromatic nitrogens is 4. The standard InChI is InChI=1S/C21H22F6N6OS/c1-4-35-19-31-16(30-11(2)3)15-10-29-33(17(15)32-19)6-5-28-18(34)12-7-13(20(22,23)24)9-14(8-12)21(25,26)27/h7-11H,4-6H2,1-3H3,(H,28,34)(H,30,31,32). The zero-order valence-corrected chi connectivity index (χ0v) is 19.7. The molecule has 0 aliphatic heterocycles. The van der Waals surface area contributed by atoms with Crippen LogP contribution < -0.4 is 10.6 Å². The number of halogens is 6. The summed E-state index contributed by atoms with van der Waals surface area (Å²) in [5, 5.41) is 11.0. The molecule has 0 fully saturated rings. The number of amides is 1. The van der Waals surface area contributed by atoms with E-state index < -0.39 is 35.0 Å². The maximum absolute atomic E-state index is 13.1. The van der Waals surface area contributed by atoms with Crippen molar-refractivity contribution < 1.29 is 31.1 Å². The highest BCUT2D eigenvalue weighted by atomic mass is 32.2. The summed E-state index contributed by atoms with van der Waals surface area (Å²) in [6.07, 6.45) is -8.54. The molecule has 190 valence electrons. The van der Waals surface area contributed by atoms with Gasteiger partial charge in [0, 0.05) is 18.2 Å². The summed E-state index contributed by atoms with van der Waals surface area (Å²) in [4.78, 5) is 21.4. The Kier molecular flexibility index (Phi) is 7.82. The summed E-state index contributed by atoms with van der Waals surface area (Å²) in [5.74, 6) is 0.241. The summed E-state index contributed by atoms with van der Waals surface area (Å²) in [7, 11) is 0. The Balaban J connectivity index is 1.81. The molecule has 0 aliphatic carbocycles. The first kappa shape index (κ1) is 26.6. The van der Waals surface area contributed by atoms with Crippen LogP contribution in [0.25, 0.3) is 11.0 Å². The van der Waals surface area contributed by atoms with Gasteiger partial charge >= 0.3 is 12.4 Å². The van der Waals surface area contributed by atoms with Crippen LogP contribution in [0, 0.1) is 0 Å². The Morgan fingerprint density at radius 1 is 1.06 bits per heavy atom. The average Bonchev–Trinajstić information content (AvgIpc) is 3.15. The molecule has 0 saturated carbocycles. The number of alkyl halides is 6. The maximum atomic E-state index is 13.1. The molecular weight excluding hydrogens is 498 g/mol. The van der Waals surface area contributed by atoms with E-state index in [1.165, 1.54) is 16.4 Å². The lowest BCUT2D eigenvalue weighted by molar-refractivity contribution is -0.143. The molecule has 0 unspecified atom stereocenters. The second-order valence-corrected chi connectivity index (χ2v) is 8.97. The second-order valence-electron chi connectivity index (χ2n) is 7.74. The normalized spacial score (nSPS) is 12.4. The smallest absolute Gasteiger partial charge is 0.367 e. The number of carbonyl (C=O) groups excluding carboxylic acids is 1. The predicted octanol–water partition coefficient (Wildman–Crippen LogP) is 5.23. The lowest BCUT2D eigenvalue weighted by Gasteiger charge is -2.14. The van der Waals surface area contributed by atoms with Crippen LogP contribution >= 0.6 is 11.8 Å². The van der Waals surface area contributed by atoms with Crippen LogP contribution in [0.4, 0.5) is 32.2 Å². The number of anilines is 1. The number of rotatable bonds is 8. The molecule has 2 aromatic heterocycles. The SMILES string of the molecule is CCSc1nc(NC(C)C)c2cnn(CCNC(=O)c3cc(C(F)(F)F)cc(C(F)(F)F)c3)c2n1. The number of fused-ring (bicyclic) bond motifs is 1. The van der Waals surface area contributed by atoms with Crippen LogP contribution in [0.3, 0.4) is 0 Å². The molecule has 7 nitrogen and oxygen atoms in total.